The number of methoxy groups -OCH3 is 1. The number of nitrogens with zero attached hydrogens (tertiary/aromatic N) is 6. The monoisotopic (exact) mass is 490 g/mol. The van der Waals surface area contributed by atoms with Crippen LogP contribution in [-0.2, 0) is 0 Å². The summed E-state index contributed by atoms with van der Waals surface area (Å²) in [5.74, 6) is 1.30. The predicted octanol–water partition coefficient (Wildman–Crippen LogP) is 3.87. The van der Waals surface area contributed by atoms with Crippen LogP contribution in [0.2, 0.25) is 0 Å². The molecule has 3 N–H and O–H groups in total. The van der Waals surface area contributed by atoms with E-state index in [0.717, 1.165) is 5.56 Å². The molecule has 3 aromatic heterocycles. The molecule has 37 heavy (non-hydrogen) atoms. The van der Waals surface area contributed by atoms with Gasteiger partial charge in [-0.25, -0.2) is 9.97 Å². The van der Waals surface area contributed by atoms with Crippen LogP contribution in [0.3, 0.4) is 0 Å². The van der Waals surface area contributed by atoms with Crippen LogP contribution in [0.25, 0.3) is 27.7 Å². The molecule has 0 bridgehead atoms. The molecule has 5 rings (SSSR count). The Morgan fingerprint density at radius 3 is 2.65 bits per heavy atom. The Morgan fingerprint density at radius 2 is 1.89 bits per heavy atom. The number of nitrogen functional groups attached to an aromatic ring is 1. The zero-order valence-corrected chi connectivity index (χ0v) is 20.1. The van der Waals surface area contributed by atoms with Crippen molar-refractivity contribution >= 4 is 22.7 Å². The summed E-state index contributed by atoms with van der Waals surface area (Å²) >= 11 is 0. The highest BCUT2D eigenvalue weighted by Gasteiger charge is 2.21. The van der Waals surface area contributed by atoms with Crippen LogP contribution in [0.1, 0.15) is 24.4 Å². The highest BCUT2D eigenvalue weighted by Crippen LogP contribution is 2.29. The van der Waals surface area contributed by atoms with Crippen LogP contribution < -0.4 is 21.3 Å². The zero-order valence-electron chi connectivity index (χ0n) is 20.1. The quantitative estimate of drug-likeness (QED) is 0.362. The number of fused-ring (bicyclic) bond motifs is 1. The van der Waals surface area contributed by atoms with Crippen molar-refractivity contribution in [3.05, 3.63) is 94.9 Å². The molecule has 10 heteroatoms. The fourth-order valence-electron chi connectivity index (χ4n) is 4.14. The number of anilines is 2. The van der Waals surface area contributed by atoms with Crippen LogP contribution >= 0.6 is 0 Å². The summed E-state index contributed by atoms with van der Waals surface area (Å²) in [6.45, 7) is 1.84. The van der Waals surface area contributed by atoms with Gasteiger partial charge in [0.15, 0.2) is 0 Å². The number of nitrogens with one attached hydrogen (secondary N) is 1. The first kappa shape index (κ1) is 23.4. The van der Waals surface area contributed by atoms with Gasteiger partial charge in [-0.3, -0.25) is 14.3 Å². The number of nitrogens with two attached hydrogens (primary N) is 1. The number of rotatable bonds is 6. The number of nitriles is 1. The lowest BCUT2D eigenvalue weighted by Gasteiger charge is -2.21. The average Bonchev–Trinajstić information content (AvgIpc) is 2.93. The van der Waals surface area contributed by atoms with Crippen LogP contribution in [0.5, 0.6) is 5.75 Å². The normalized spacial score (nSPS) is 11.6. The molecule has 5 aromatic rings. The largest absolute Gasteiger partial charge is 0.495 e. The van der Waals surface area contributed by atoms with Crippen molar-refractivity contribution in [1.29, 1.82) is 5.26 Å². The predicted molar refractivity (Wildman–Crippen MR) is 140 cm³/mol. The van der Waals surface area contributed by atoms with Gasteiger partial charge in [0.05, 0.1) is 42.1 Å². The number of aromatic nitrogens is 5. The number of ether oxygens (including phenoxy) is 1. The van der Waals surface area contributed by atoms with Crippen molar-refractivity contribution in [2.24, 2.45) is 0 Å². The lowest BCUT2D eigenvalue weighted by atomic mass is 10.0. The van der Waals surface area contributed by atoms with Crippen LogP contribution in [-0.4, -0.2) is 31.6 Å². The SMILES string of the molecule is COc1cncc(-c2cccc3nc([C@H](C)Nc4nc(N)ncc4C#N)n(-c4ccccc4)c(=O)c23)c1. The second-order valence-electron chi connectivity index (χ2n) is 8.23. The standard InChI is InChI=1S/C27H22N8O2/c1-16(32-24-18(12-28)14-31-27(29)34-24)25-33-22-10-6-9-21(17-11-20(37-2)15-30-13-17)23(22)26(36)35(25)19-7-4-3-5-8-19/h3-11,13-16H,1-2H3,(H3,29,31,32,34)/t16-/m0/s1. The van der Waals surface area contributed by atoms with E-state index in [4.69, 9.17) is 15.5 Å². The topological polar surface area (TPSA) is 145 Å². The molecule has 2 aromatic carbocycles. The Morgan fingerprint density at radius 1 is 1.08 bits per heavy atom. The lowest BCUT2D eigenvalue weighted by Crippen LogP contribution is -2.28. The lowest BCUT2D eigenvalue weighted by molar-refractivity contribution is 0.413. The molecule has 0 saturated heterocycles. The highest BCUT2D eigenvalue weighted by molar-refractivity contribution is 5.94. The Balaban J connectivity index is 1.74. The van der Waals surface area contributed by atoms with Gasteiger partial charge in [0.1, 0.15) is 29.0 Å². The van der Waals surface area contributed by atoms with Crippen molar-refractivity contribution in [2.75, 3.05) is 18.2 Å². The molecule has 0 aliphatic carbocycles. The smallest absolute Gasteiger partial charge is 0.266 e. The van der Waals surface area contributed by atoms with E-state index in [0.29, 0.717) is 33.7 Å². The van der Waals surface area contributed by atoms with Crippen molar-refractivity contribution in [3.8, 4) is 28.6 Å². The molecule has 0 amide bonds. The van der Waals surface area contributed by atoms with Gasteiger partial charge >= 0.3 is 0 Å². The maximum Gasteiger partial charge on any atom is 0.266 e. The molecule has 1 atom stereocenters. The summed E-state index contributed by atoms with van der Waals surface area (Å²) in [5.41, 5.74) is 8.31. The van der Waals surface area contributed by atoms with Crippen molar-refractivity contribution in [2.45, 2.75) is 13.0 Å². The Hall–Kier alpha value is -5.30. The Bertz CT molecular complexity index is 1710. The third kappa shape index (κ3) is 4.41. The summed E-state index contributed by atoms with van der Waals surface area (Å²) < 4.78 is 6.90. The third-order valence-electron chi connectivity index (χ3n) is 5.87. The van der Waals surface area contributed by atoms with E-state index in [-0.39, 0.29) is 22.9 Å². The fourth-order valence-corrected chi connectivity index (χ4v) is 4.14. The minimum absolute atomic E-state index is 0.0251. The Labute approximate surface area is 212 Å². The first-order valence-corrected chi connectivity index (χ1v) is 11.4. The summed E-state index contributed by atoms with van der Waals surface area (Å²) in [4.78, 5) is 31.4. The molecule has 3 heterocycles. The highest BCUT2D eigenvalue weighted by atomic mass is 16.5. The molecule has 0 saturated carbocycles. The van der Waals surface area contributed by atoms with E-state index in [1.54, 1.807) is 30.1 Å². The van der Waals surface area contributed by atoms with Crippen molar-refractivity contribution < 1.29 is 4.74 Å². The van der Waals surface area contributed by atoms with E-state index in [1.807, 2.05) is 55.5 Å². The Kier molecular flexibility index (Phi) is 6.18. The molecule has 0 radical (unpaired) electrons. The van der Waals surface area contributed by atoms with E-state index in [1.165, 1.54) is 6.20 Å². The molecule has 0 aliphatic rings. The van der Waals surface area contributed by atoms with E-state index in [2.05, 4.69) is 26.3 Å². The fraction of sp³-hybridized carbons (Fsp3) is 0.111. The number of pyridine rings is 1. The zero-order chi connectivity index (χ0) is 25.9. The van der Waals surface area contributed by atoms with Gasteiger partial charge in [-0.15, -0.1) is 0 Å². The summed E-state index contributed by atoms with van der Waals surface area (Å²) in [6, 6.07) is 18.1. The van der Waals surface area contributed by atoms with E-state index >= 15 is 0 Å². The number of para-hydroxylation sites is 1. The number of hydrogen-bond acceptors (Lipinski definition) is 9. The first-order chi connectivity index (χ1) is 18.0. The van der Waals surface area contributed by atoms with Gasteiger partial charge in [0, 0.05) is 11.8 Å². The van der Waals surface area contributed by atoms with Crippen LogP contribution in [0.15, 0.2) is 78.0 Å². The number of hydrogen-bond donors (Lipinski definition) is 2. The summed E-state index contributed by atoms with van der Waals surface area (Å²) in [7, 11) is 1.57. The summed E-state index contributed by atoms with van der Waals surface area (Å²) in [5, 5.41) is 13.1. The minimum atomic E-state index is -0.527. The first-order valence-electron chi connectivity index (χ1n) is 11.4. The van der Waals surface area contributed by atoms with Gasteiger partial charge in [-0.05, 0) is 36.8 Å². The molecular weight excluding hydrogens is 468 g/mol. The maximum atomic E-state index is 14.2. The van der Waals surface area contributed by atoms with Crippen molar-refractivity contribution in [1.82, 2.24) is 24.5 Å². The summed E-state index contributed by atoms with van der Waals surface area (Å²) in [6.07, 6.45) is 4.64. The molecular formula is C27H22N8O2. The third-order valence-corrected chi connectivity index (χ3v) is 5.87. The van der Waals surface area contributed by atoms with Gasteiger partial charge in [-0.1, -0.05) is 30.3 Å². The molecule has 0 aliphatic heterocycles. The molecule has 0 fully saturated rings. The maximum absolute atomic E-state index is 14.2. The van der Waals surface area contributed by atoms with Crippen LogP contribution in [0, 0.1) is 11.3 Å². The molecule has 10 nitrogen and oxygen atoms in total. The minimum Gasteiger partial charge on any atom is -0.495 e. The van der Waals surface area contributed by atoms with Gasteiger partial charge in [-0.2, -0.15) is 10.2 Å². The van der Waals surface area contributed by atoms with Gasteiger partial charge < -0.3 is 15.8 Å². The van der Waals surface area contributed by atoms with Crippen LogP contribution in [0.4, 0.5) is 11.8 Å². The van der Waals surface area contributed by atoms with E-state index < -0.39 is 6.04 Å². The van der Waals surface area contributed by atoms with Gasteiger partial charge in [0.2, 0.25) is 5.95 Å². The van der Waals surface area contributed by atoms with Gasteiger partial charge in [0.25, 0.3) is 5.56 Å². The average molecular weight is 491 g/mol. The molecule has 0 unspecified atom stereocenters. The second kappa shape index (κ2) is 9.75. The number of benzene rings is 2. The second-order valence-corrected chi connectivity index (χ2v) is 8.23. The molecule has 182 valence electrons. The van der Waals surface area contributed by atoms with Crippen molar-refractivity contribution in [3.63, 3.8) is 0 Å². The molecule has 0 spiro atoms. The van der Waals surface area contributed by atoms with E-state index in [9.17, 15) is 10.1 Å².